The van der Waals surface area contributed by atoms with Gasteiger partial charge in [0.2, 0.25) is 12.7 Å². The quantitative estimate of drug-likeness (QED) is 0.865. The lowest BCUT2D eigenvalue weighted by molar-refractivity contribution is 0.0723. The van der Waals surface area contributed by atoms with Gasteiger partial charge in [-0.05, 0) is 25.0 Å². The predicted octanol–water partition coefficient (Wildman–Crippen LogP) is 2.34. The molecule has 1 atom stereocenters. The van der Waals surface area contributed by atoms with Gasteiger partial charge < -0.3 is 18.9 Å². The molecule has 0 saturated carbocycles. The maximum absolute atomic E-state index is 13.0. The third-order valence-corrected chi connectivity index (χ3v) is 4.22. The molecule has 1 unspecified atom stereocenters. The van der Waals surface area contributed by atoms with Crippen molar-refractivity contribution in [2.45, 2.75) is 32.2 Å². The third kappa shape index (κ3) is 2.32. The average molecular weight is 315 g/mol. The summed E-state index contributed by atoms with van der Waals surface area (Å²) >= 11 is 0. The van der Waals surface area contributed by atoms with Crippen LogP contribution in [-0.2, 0) is 6.42 Å². The number of hydrogen-bond acceptors (Lipinski definition) is 6. The molecule has 1 saturated heterocycles. The first-order valence-corrected chi connectivity index (χ1v) is 7.80. The second kappa shape index (κ2) is 5.57. The van der Waals surface area contributed by atoms with E-state index in [-0.39, 0.29) is 18.7 Å². The molecular weight excluding hydrogens is 298 g/mol. The molecule has 0 bridgehead atoms. The molecule has 2 aromatic rings. The van der Waals surface area contributed by atoms with Crippen molar-refractivity contribution < 1.29 is 18.8 Å². The molecule has 7 heteroatoms. The van der Waals surface area contributed by atoms with Crippen LogP contribution in [0.4, 0.5) is 0 Å². The van der Waals surface area contributed by atoms with Gasteiger partial charge in [0.15, 0.2) is 17.3 Å². The smallest absolute Gasteiger partial charge is 0.258 e. The summed E-state index contributed by atoms with van der Waals surface area (Å²) in [7, 11) is 0. The fourth-order valence-corrected chi connectivity index (χ4v) is 3.08. The normalized spacial score (nSPS) is 19.3. The SMILES string of the molecule is CCc1nc(C2CCCN2C(=O)c2cccc3c2OCO3)no1. The summed E-state index contributed by atoms with van der Waals surface area (Å²) in [5.41, 5.74) is 0.520. The number of ether oxygens (including phenoxy) is 2. The minimum atomic E-state index is -0.148. The van der Waals surface area contributed by atoms with E-state index in [1.807, 2.05) is 6.92 Å². The second-order valence-electron chi connectivity index (χ2n) is 5.60. The first kappa shape index (κ1) is 14.0. The Balaban J connectivity index is 1.64. The number of carbonyl (C=O) groups is 1. The van der Waals surface area contributed by atoms with Gasteiger partial charge in [0.25, 0.3) is 5.91 Å². The van der Waals surface area contributed by atoms with Crippen LogP contribution in [0.25, 0.3) is 0 Å². The highest BCUT2D eigenvalue weighted by Gasteiger charge is 2.36. The number of likely N-dealkylation sites (tertiary alicyclic amines) is 1. The van der Waals surface area contributed by atoms with Gasteiger partial charge in [-0.3, -0.25) is 4.79 Å². The number of carbonyl (C=O) groups excluding carboxylic acids is 1. The highest BCUT2D eigenvalue weighted by molar-refractivity contribution is 5.98. The van der Waals surface area contributed by atoms with Gasteiger partial charge in [-0.1, -0.05) is 18.1 Å². The van der Waals surface area contributed by atoms with Crippen LogP contribution in [-0.4, -0.2) is 34.3 Å². The highest BCUT2D eigenvalue weighted by Crippen LogP contribution is 2.38. The van der Waals surface area contributed by atoms with E-state index in [2.05, 4.69) is 10.1 Å². The zero-order chi connectivity index (χ0) is 15.8. The molecule has 1 aromatic carbocycles. The van der Waals surface area contributed by atoms with E-state index >= 15 is 0 Å². The number of aryl methyl sites for hydroxylation is 1. The summed E-state index contributed by atoms with van der Waals surface area (Å²) in [6.45, 7) is 2.78. The van der Waals surface area contributed by atoms with Crippen LogP contribution in [0.5, 0.6) is 11.5 Å². The maximum atomic E-state index is 13.0. The number of hydrogen-bond donors (Lipinski definition) is 0. The van der Waals surface area contributed by atoms with Crippen LogP contribution < -0.4 is 9.47 Å². The van der Waals surface area contributed by atoms with Crippen molar-refractivity contribution in [3.05, 3.63) is 35.5 Å². The van der Waals surface area contributed by atoms with Crippen LogP contribution in [0.1, 0.15) is 47.9 Å². The van der Waals surface area contributed by atoms with Gasteiger partial charge in [-0.2, -0.15) is 4.98 Å². The molecule has 3 heterocycles. The molecule has 120 valence electrons. The summed E-state index contributed by atoms with van der Waals surface area (Å²) in [4.78, 5) is 19.1. The summed E-state index contributed by atoms with van der Waals surface area (Å²) in [6, 6.07) is 5.21. The summed E-state index contributed by atoms with van der Waals surface area (Å²) < 4.78 is 16.0. The molecule has 2 aliphatic heterocycles. The van der Waals surface area contributed by atoms with Crippen molar-refractivity contribution in [2.24, 2.45) is 0 Å². The Morgan fingerprint density at radius 3 is 3.13 bits per heavy atom. The zero-order valence-electron chi connectivity index (χ0n) is 12.8. The van der Waals surface area contributed by atoms with E-state index in [1.165, 1.54) is 0 Å². The number of nitrogens with zero attached hydrogens (tertiary/aromatic N) is 3. The van der Waals surface area contributed by atoms with E-state index in [9.17, 15) is 4.79 Å². The molecule has 2 aliphatic rings. The zero-order valence-corrected chi connectivity index (χ0v) is 12.8. The first-order valence-electron chi connectivity index (χ1n) is 7.80. The van der Waals surface area contributed by atoms with Crippen LogP contribution in [0, 0.1) is 0 Å². The van der Waals surface area contributed by atoms with Gasteiger partial charge >= 0.3 is 0 Å². The fourth-order valence-electron chi connectivity index (χ4n) is 3.08. The van der Waals surface area contributed by atoms with Crippen LogP contribution in [0.15, 0.2) is 22.7 Å². The van der Waals surface area contributed by atoms with Crippen LogP contribution in [0.3, 0.4) is 0 Å². The number of benzene rings is 1. The van der Waals surface area contributed by atoms with Crippen molar-refractivity contribution in [3.8, 4) is 11.5 Å². The lowest BCUT2D eigenvalue weighted by Crippen LogP contribution is -2.31. The second-order valence-corrected chi connectivity index (χ2v) is 5.60. The maximum Gasteiger partial charge on any atom is 0.258 e. The Morgan fingerprint density at radius 2 is 2.30 bits per heavy atom. The number of para-hydroxylation sites is 1. The van der Waals surface area contributed by atoms with Gasteiger partial charge in [0.1, 0.15) is 0 Å². The Bertz CT molecular complexity index is 743. The largest absolute Gasteiger partial charge is 0.454 e. The topological polar surface area (TPSA) is 77.7 Å². The Kier molecular flexibility index (Phi) is 3.40. The molecule has 1 fully saturated rings. The molecule has 1 amide bonds. The van der Waals surface area contributed by atoms with E-state index in [1.54, 1.807) is 23.1 Å². The van der Waals surface area contributed by atoms with Gasteiger partial charge in [0, 0.05) is 13.0 Å². The Hall–Kier alpha value is -2.57. The summed E-state index contributed by atoms with van der Waals surface area (Å²) in [5, 5.41) is 4.03. The molecular formula is C16H17N3O4. The Labute approximate surface area is 133 Å². The number of amides is 1. The van der Waals surface area contributed by atoms with Crippen molar-refractivity contribution >= 4 is 5.91 Å². The Morgan fingerprint density at radius 1 is 1.39 bits per heavy atom. The van der Waals surface area contributed by atoms with Gasteiger partial charge in [0.05, 0.1) is 11.6 Å². The van der Waals surface area contributed by atoms with E-state index in [0.717, 1.165) is 12.8 Å². The minimum absolute atomic E-state index is 0.0855. The predicted molar refractivity (Wildman–Crippen MR) is 79.3 cm³/mol. The monoisotopic (exact) mass is 315 g/mol. The van der Waals surface area contributed by atoms with Crippen molar-refractivity contribution in [1.82, 2.24) is 15.0 Å². The third-order valence-electron chi connectivity index (χ3n) is 4.22. The van der Waals surface area contributed by atoms with Crippen LogP contribution >= 0.6 is 0 Å². The molecule has 4 rings (SSSR count). The molecule has 1 aromatic heterocycles. The van der Waals surface area contributed by atoms with E-state index < -0.39 is 0 Å². The van der Waals surface area contributed by atoms with Crippen molar-refractivity contribution in [2.75, 3.05) is 13.3 Å². The molecule has 0 radical (unpaired) electrons. The van der Waals surface area contributed by atoms with Crippen molar-refractivity contribution in [1.29, 1.82) is 0 Å². The standard InChI is InChI=1S/C16H17N3O4/c1-2-13-17-15(18-23-13)11-6-4-8-19(11)16(20)10-5-3-7-12-14(10)22-9-21-12/h3,5,7,11H,2,4,6,8-9H2,1H3. The highest BCUT2D eigenvalue weighted by atomic mass is 16.7. The van der Waals surface area contributed by atoms with E-state index in [4.69, 9.17) is 14.0 Å². The molecule has 0 N–H and O–H groups in total. The number of fused-ring (bicyclic) bond motifs is 1. The van der Waals surface area contributed by atoms with Gasteiger partial charge in [-0.25, -0.2) is 0 Å². The summed E-state index contributed by atoms with van der Waals surface area (Å²) in [6.07, 6.45) is 2.44. The van der Waals surface area contributed by atoms with Crippen LogP contribution in [0.2, 0.25) is 0 Å². The number of aromatic nitrogens is 2. The van der Waals surface area contributed by atoms with Gasteiger partial charge in [-0.15, -0.1) is 0 Å². The molecule has 0 aliphatic carbocycles. The average Bonchev–Trinajstić information content (AvgIpc) is 3.31. The van der Waals surface area contributed by atoms with Crippen molar-refractivity contribution in [3.63, 3.8) is 0 Å². The lowest BCUT2D eigenvalue weighted by Gasteiger charge is -2.22. The lowest BCUT2D eigenvalue weighted by atomic mass is 10.1. The minimum Gasteiger partial charge on any atom is -0.454 e. The van der Waals surface area contributed by atoms with E-state index in [0.29, 0.717) is 41.7 Å². The summed E-state index contributed by atoms with van der Waals surface area (Å²) in [5.74, 6) is 2.22. The fraction of sp³-hybridized carbons (Fsp3) is 0.438. The molecule has 0 spiro atoms. The first-order chi connectivity index (χ1) is 11.3. The molecule has 23 heavy (non-hydrogen) atoms. The molecule has 7 nitrogen and oxygen atoms in total. The number of rotatable bonds is 3.